The molecule has 1 aromatic heterocycles. The zero-order chi connectivity index (χ0) is 21.9. The smallest absolute Gasteiger partial charge is 0.304 e. The molecule has 31 heavy (non-hydrogen) atoms. The van der Waals surface area contributed by atoms with E-state index in [-0.39, 0.29) is 17.5 Å². The van der Waals surface area contributed by atoms with Crippen molar-refractivity contribution < 1.29 is 9.59 Å². The van der Waals surface area contributed by atoms with Gasteiger partial charge in [0.15, 0.2) is 12.3 Å². The first kappa shape index (κ1) is 19.6. The summed E-state index contributed by atoms with van der Waals surface area (Å²) in [4.78, 5) is 45.2. The number of hydrogen-bond donors (Lipinski definition) is 1. The van der Waals surface area contributed by atoms with Crippen LogP contribution in [0.5, 0.6) is 0 Å². The topological polar surface area (TPSA) is 90.2 Å². The number of carbonyl (C=O) groups is 2. The highest BCUT2D eigenvalue weighted by Crippen LogP contribution is 2.35. The maximum atomic E-state index is 13.6. The highest BCUT2D eigenvalue weighted by atomic mass is 32.1. The fraction of sp³-hybridized carbons (Fsp3) is 0.333. The molecule has 0 saturated carbocycles. The van der Waals surface area contributed by atoms with E-state index in [0.29, 0.717) is 34.5 Å². The van der Waals surface area contributed by atoms with Gasteiger partial charge < -0.3 is 4.90 Å². The Kier molecular flexibility index (Phi) is 4.47. The van der Waals surface area contributed by atoms with Crippen LogP contribution in [0.2, 0.25) is 0 Å². The van der Waals surface area contributed by atoms with Crippen LogP contribution in [0.4, 0.5) is 10.5 Å². The Balaban J connectivity index is 1.76. The molecule has 0 radical (unpaired) electrons. The van der Waals surface area contributed by atoms with Gasteiger partial charge in [-0.2, -0.15) is 0 Å². The molecular formula is C21H22N6O3S. The number of benzene rings is 1. The molecule has 1 saturated heterocycles. The minimum Gasteiger partial charge on any atom is -0.304 e. The Morgan fingerprint density at radius 3 is 2.61 bits per heavy atom. The minimum atomic E-state index is -0.515. The monoisotopic (exact) mass is 438 g/mol. The molecule has 9 nitrogen and oxygen atoms in total. The minimum absolute atomic E-state index is 0.137. The lowest BCUT2D eigenvalue weighted by atomic mass is 10.1. The third-order valence-corrected chi connectivity index (χ3v) is 7.00. The summed E-state index contributed by atoms with van der Waals surface area (Å²) >= 11 is 1.17. The summed E-state index contributed by atoms with van der Waals surface area (Å²) < 4.78 is 1.89. The van der Waals surface area contributed by atoms with E-state index in [4.69, 9.17) is 0 Å². The largest absolute Gasteiger partial charge is 0.323 e. The average Bonchev–Trinajstić information content (AvgIpc) is 3.35. The fourth-order valence-corrected chi connectivity index (χ4v) is 5.63. The van der Waals surface area contributed by atoms with E-state index in [2.05, 4.69) is 17.1 Å². The van der Waals surface area contributed by atoms with Crippen LogP contribution >= 0.6 is 11.3 Å². The normalized spacial score (nSPS) is 23.4. The van der Waals surface area contributed by atoms with Gasteiger partial charge >= 0.3 is 6.03 Å². The van der Waals surface area contributed by atoms with Crippen molar-refractivity contribution in [3.05, 3.63) is 62.2 Å². The van der Waals surface area contributed by atoms with Gasteiger partial charge in [-0.05, 0) is 19.9 Å². The maximum Gasteiger partial charge on any atom is 0.323 e. The second-order valence-corrected chi connectivity index (χ2v) is 8.42. The Bertz CT molecular complexity index is 1290. The molecule has 0 bridgehead atoms. The lowest BCUT2D eigenvalue weighted by Gasteiger charge is -2.29. The van der Waals surface area contributed by atoms with Crippen molar-refractivity contribution >= 4 is 34.5 Å². The lowest BCUT2D eigenvalue weighted by molar-refractivity contribution is -0.112. The van der Waals surface area contributed by atoms with Gasteiger partial charge in [-0.25, -0.2) is 4.79 Å². The third kappa shape index (κ3) is 2.54. The summed E-state index contributed by atoms with van der Waals surface area (Å²) in [6.45, 7) is 8.84. The number of nitrogens with zero attached hydrogens (tertiary/aromatic N) is 5. The van der Waals surface area contributed by atoms with E-state index >= 15 is 0 Å². The Labute approximate surface area is 182 Å². The zero-order valence-electron chi connectivity index (χ0n) is 17.2. The molecule has 0 aliphatic carbocycles. The number of likely N-dealkylation sites (N-methyl/N-ethyl adjacent to an activating group) is 2. The van der Waals surface area contributed by atoms with Crippen LogP contribution in [0.3, 0.4) is 0 Å². The number of nitrogens with one attached hydrogen (secondary N) is 1. The molecule has 3 aliphatic rings. The zero-order valence-corrected chi connectivity index (χ0v) is 18.1. The number of aromatic nitrogens is 1. The van der Waals surface area contributed by atoms with Crippen LogP contribution in [0.25, 0.3) is 5.57 Å². The van der Waals surface area contributed by atoms with Gasteiger partial charge in [-0.1, -0.05) is 35.6 Å². The quantitative estimate of drug-likeness (QED) is 0.699. The van der Waals surface area contributed by atoms with Gasteiger partial charge in [0, 0.05) is 25.2 Å². The number of urea groups is 1. The summed E-state index contributed by atoms with van der Waals surface area (Å²) in [5.74, 6) is -0.230. The molecule has 5 rings (SSSR count). The van der Waals surface area contributed by atoms with Crippen molar-refractivity contribution in [1.82, 2.24) is 19.8 Å². The maximum absolute atomic E-state index is 13.6. The predicted octanol–water partition coefficient (Wildman–Crippen LogP) is 0.381. The van der Waals surface area contributed by atoms with Gasteiger partial charge in [0.1, 0.15) is 4.53 Å². The van der Waals surface area contributed by atoms with E-state index in [9.17, 15) is 14.4 Å². The molecule has 2 aromatic rings. The first-order chi connectivity index (χ1) is 15.0. The molecule has 160 valence electrons. The number of thiazole rings is 1. The van der Waals surface area contributed by atoms with Gasteiger partial charge in [-0.3, -0.25) is 29.4 Å². The number of amides is 3. The van der Waals surface area contributed by atoms with E-state index in [1.54, 1.807) is 25.3 Å². The van der Waals surface area contributed by atoms with Gasteiger partial charge in [-0.15, -0.1) is 11.7 Å². The molecular weight excluding hydrogens is 416 g/mol. The number of hydrogen-bond acceptors (Lipinski definition) is 6. The second-order valence-electron chi connectivity index (χ2n) is 7.44. The number of anilines is 1. The van der Waals surface area contributed by atoms with E-state index in [1.807, 2.05) is 38.1 Å². The highest BCUT2D eigenvalue weighted by molar-refractivity contribution is 7.07. The predicted molar refractivity (Wildman–Crippen MR) is 117 cm³/mol. The Morgan fingerprint density at radius 2 is 1.90 bits per heavy atom. The van der Waals surface area contributed by atoms with Crippen LogP contribution < -0.4 is 25.2 Å². The first-order valence-electron chi connectivity index (χ1n) is 10.2. The van der Waals surface area contributed by atoms with Crippen molar-refractivity contribution in [2.75, 3.05) is 24.5 Å². The molecule has 2 unspecified atom stereocenters. The molecule has 10 heteroatoms. The molecule has 1 N–H and O–H groups in total. The van der Waals surface area contributed by atoms with Crippen LogP contribution in [-0.2, 0) is 4.79 Å². The van der Waals surface area contributed by atoms with E-state index in [1.165, 1.54) is 11.3 Å². The summed E-state index contributed by atoms with van der Waals surface area (Å²) in [7, 11) is 0. The fourth-order valence-electron chi connectivity index (χ4n) is 4.58. The number of carbonyl (C=O) groups excluding carboxylic acids is 2. The molecule has 0 spiro atoms. The third-order valence-electron chi connectivity index (χ3n) is 5.94. The second kappa shape index (κ2) is 7.09. The SMILES string of the molecule is C=CCN1C(=O)/C(=c2\sc3n(c2=O)C2C(NN=3)N(CC)C(=O)N2CC)c2ccccc21. The highest BCUT2D eigenvalue weighted by Gasteiger charge is 2.48. The van der Waals surface area contributed by atoms with Crippen molar-refractivity contribution in [1.29, 1.82) is 0 Å². The van der Waals surface area contributed by atoms with Crippen LogP contribution in [0.1, 0.15) is 25.6 Å². The molecule has 1 fully saturated rings. The summed E-state index contributed by atoms with van der Waals surface area (Å²) in [6, 6.07) is 7.30. The summed E-state index contributed by atoms with van der Waals surface area (Å²) in [5.41, 5.74) is 4.60. The number of para-hydroxylation sites is 1. The van der Waals surface area contributed by atoms with E-state index in [0.717, 1.165) is 11.3 Å². The van der Waals surface area contributed by atoms with Crippen molar-refractivity contribution in [2.24, 2.45) is 5.10 Å². The van der Waals surface area contributed by atoms with Gasteiger partial charge in [0.05, 0.1) is 11.3 Å². The molecule has 4 heterocycles. The Hall–Kier alpha value is -3.40. The molecule has 3 amide bonds. The number of fused-ring (bicyclic) bond motifs is 4. The molecule has 2 atom stereocenters. The van der Waals surface area contributed by atoms with Crippen LogP contribution in [-0.4, -0.2) is 52.1 Å². The van der Waals surface area contributed by atoms with Gasteiger partial charge in [0.2, 0.25) is 4.80 Å². The molecule has 3 aliphatic heterocycles. The summed E-state index contributed by atoms with van der Waals surface area (Å²) in [6.07, 6.45) is 0.717. The first-order valence-corrected chi connectivity index (χ1v) is 11.0. The van der Waals surface area contributed by atoms with Crippen molar-refractivity contribution in [2.45, 2.75) is 26.2 Å². The van der Waals surface area contributed by atoms with E-state index < -0.39 is 12.3 Å². The lowest BCUT2D eigenvalue weighted by Crippen LogP contribution is -2.53. The van der Waals surface area contributed by atoms with Gasteiger partial charge in [0.25, 0.3) is 11.5 Å². The standard InChI is InChI=1S/C21H22N6O3S/c1-4-11-26-13-10-8-7-9-12(13)14(18(26)28)15-19(29)27-17-16(22-23-20(27)31-15)24(5-2)21(30)25(17)6-3/h4,7-10,16-17,22H,1,5-6,11H2,2-3H3/b15-14-. The number of rotatable bonds is 4. The van der Waals surface area contributed by atoms with Crippen molar-refractivity contribution in [3.8, 4) is 0 Å². The van der Waals surface area contributed by atoms with Crippen LogP contribution in [0, 0.1) is 0 Å². The Morgan fingerprint density at radius 1 is 1.16 bits per heavy atom. The van der Waals surface area contributed by atoms with Crippen molar-refractivity contribution in [3.63, 3.8) is 0 Å². The van der Waals surface area contributed by atoms with Crippen LogP contribution in [0.15, 0.2) is 46.8 Å². The summed E-state index contributed by atoms with van der Waals surface area (Å²) in [5, 5.41) is 4.38. The molecule has 1 aromatic carbocycles. The average molecular weight is 439 g/mol.